The number of hydrogen-bond donors (Lipinski definition) is 2. The third-order valence-electron chi connectivity index (χ3n) is 4.63. The second-order valence-corrected chi connectivity index (χ2v) is 6.04. The Kier molecular flexibility index (Phi) is 3.40. The minimum absolute atomic E-state index is 0.144. The topological polar surface area (TPSA) is 32.3 Å². The van der Waals surface area contributed by atoms with E-state index in [1.807, 2.05) is 0 Å². The number of piperidine rings is 1. The van der Waals surface area contributed by atoms with Gasteiger partial charge in [-0.2, -0.15) is 0 Å². The van der Waals surface area contributed by atoms with Crippen LogP contribution in [0.3, 0.4) is 0 Å². The minimum atomic E-state index is -0.144. The van der Waals surface area contributed by atoms with Gasteiger partial charge in [-0.25, -0.2) is 0 Å². The van der Waals surface area contributed by atoms with Gasteiger partial charge in [0.25, 0.3) is 0 Å². The highest BCUT2D eigenvalue weighted by atomic mass is 16.3. The first-order valence-corrected chi connectivity index (χ1v) is 7.28. The van der Waals surface area contributed by atoms with Gasteiger partial charge in [0.1, 0.15) is 0 Å². The van der Waals surface area contributed by atoms with Crippen molar-refractivity contribution in [2.45, 2.75) is 62.6 Å². The van der Waals surface area contributed by atoms with Crippen LogP contribution in [0.2, 0.25) is 0 Å². The molecule has 2 N–H and O–H groups in total. The SMILES string of the molecule is O[C@H]1C[C@@H](c2ccccc2)NC2(CCCCC2)C1. The molecule has 1 heterocycles. The van der Waals surface area contributed by atoms with Gasteiger partial charge in [-0.1, -0.05) is 49.6 Å². The molecule has 0 unspecified atom stereocenters. The summed E-state index contributed by atoms with van der Waals surface area (Å²) in [6, 6.07) is 10.9. The standard InChI is InChI=1S/C16H23NO/c18-14-11-15(13-7-3-1-4-8-13)17-16(12-14)9-5-2-6-10-16/h1,3-4,7-8,14-15,17-18H,2,5-6,9-12H2/t14-,15-/m0/s1. The fraction of sp³-hybridized carbons (Fsp3) is 0.625. The smallest absolute Gasteiger partial charge is 0.0576 e. The summed E-state index contributed by atoms with van der Waals surface area (Å²) in [5.74, 6) is 0. The van der Waals surface area contributed by atoms with Crippen molar-refractivity contribution in [2.75, 3.05) is 0 Å². The highest BCUT2D eigenvalue weighted by molar-refractivity contribution is 5.21. The molecule has 18 heavy (non-hydrogen) atoms. The lowest BCUT2D eigenvalue weighted by atomic mass is 9.73. The Labute approximate surface area is 109 Å². The molecule has 0 bridgehead atoms. The van der Waals surface area contributed by atoms with Crippen LogP contribution >= 0.6 is 0 Å². The fourth-order valence-corrected chi connectivity index (χ4v) is 3.78. The van der Waals surface area contributed by atoms with Gasteiger partial charge in [0, 0.05) is 11.6 Å². The van der Waals surface area contributed by atoms with Crippen LogP contribution in [0.25, 0.3) is 0 Å². The Morgan fingerprint density at radius 2 is 1.78 bits per heavy atom. The van der Waals surface area contributed by atoms with Gasteiger partial charge in [0.2, 0.25) is 0 Å². The number of nitrogens with one attached hydrogen (secondary N) is 1. The van der Waals surface area contributed by atoms with E-state index in [4.69, 9.17) is 0 Å². The zero-order chi connectivity index (χ0) is 12.4. The molecule has 1 aliphatic heterocycles. The van der Waals surface area contributed by atoms with Crippen molar-refractivity contribution >= 4 is 0 Å². The van der Waals surface area contributed by atoms with Crippen LogP contribution in [0.5, 0.6) is 0 Å². The Balaban J connectivity index is 1.80. The van der Waals surface area contributed by atoms with E-state index in [0.29, 0.717) is 6.04 Å². The highest BCUT2D eigenvalue weighted by Gasteiger charge is 2.40. The number of hydrogen-bond acceptors (Lipinski definition) is 2. The van der Waals surface area contributed by atoms with Crippen LogP contribution in [-0.4, -0.2) is 16.7 Å². The summed E-state index contributed by atoms with van der Waals surface area (Å²) < 4.78 is 0. The van der Waals surface area contributed by atoms with Crippen molar-refractivity contribution in [1.82, 2.24) is 5.32 Å². The highest BCUT2D eigenvalue weighted by Crippen LogP contribution is 2.39. The van der Waals surface area contributed by atoms with Crippen molar-refractivity contribution in [3.63, 3.8) is 0 Å². The van der Waals surface area contributed by atoms with Gasteiger partial charge in [0.05, 0.1) is 6.10 Å². The van der Waals surface area contributed by atoms with Crippen LogP contribution in [-0.2, 0) is 0 Å². The third kappa shape index (κ3) is 2.45. The van der Waals surface area contributed by atoms with E-state index >= 15 is 0 Å². The molecule has 1 spiro atoms. The average molecular weight is 245 g/mol. The molecule has 1 saturated carbocycles. The van der Waals surface area contributed by atoms with Crippen LogP contribution in [0.1, 0.15) is 56.6 Å². The first-order chi connectivity index (χ1) is 8.77. The molecule has 1 aromatic rings. The van der Waals surface area contributed by atoms with E-state index in [2.05, 4.69) is 35.6 Å². The number of rotatable bonds is 1. The van der Waals surface area contributed by atoms with E-state index in [-0.39, 0.29) is 11.6 Å². The molecule has 2 fully saturated rings. The lowest BCUT2D eigenvalue weighted by Crippen LogP contribution is -2.54. The van der Waals surface area contributed by atoms with Crippen LogP contribution in [0.4, 0.5) is 0 Å². The molecule has 1 saturated heterocycles. The second-order valence-electron chi connectivity index (χ2n) is 6.04. The molecular formula is C16H23NO. The quantitative estimate of drug-likeness (QED) is 0.796. The van der Waals surface area contributed by atoms with Crippen LogP contribution in [0, 0.1) is 0 Å². The van der Waals surface area contributed by atoms with Crippen molar-refractivity contribution in [3.05, 3.63) is 35.9 Å². The van der Waals surface area contributed by atoms with E-state index in [1.54, 1.807) is 0 Å². The van der Waals surface area contributed by atoms with Crippen molar-refractivity contribution in [1.29, 1.82) is 0 Å². The molecule has 1 aromatic carbocycles. The lowest BCUT2D eigenvalue weighted by Gasteiger charge is -2.47. The summed E-state index contributed by atoms with van der Waals surface area (Å²) in [7, 11) is 0. The zero-order valence-electron chi connectivity index (χ0n) is 10.9. The molecule has 0 aromatic heterocycles. The minimum Gasteiger partial charge on any atom is -0.393 e. The zero-order valence-corrected chi connectivity index (χ0v) is 10.9. The normalized spacial score (nSPS) is 31.4. The largest absolute Gasteiger partial charge is 0.393 e. The second kappa shape index (κ2) is 5.02. The Bertz CT molecular complexity index is 383. The molecular weight excluding hydrogens is 222 g/mol. The molecule has 3 rings (SSSR count). The molecule has 2 atom stereocenters. The van der Waals surface area contributed by atoms with E-state index in [1.165, 1.54) is 37.7 Å². The van der Waals surface area contributed by atoms with Gasteiger partial charge >= 0.3 is 0 Å². The number of aliphatic hydroxyl groups excluding tert-OH is 1. The molecule has 2 nitrogen and oxygen atoms in total. The van der Waals surface area contributed by atoms with Gasteiger partial charge in [-0.15, -0.1) is 0 Å². The summed E-state index contributed by atoms with van der Waals surface area (Å²) in [5.41, 5.74) is 1.53. The maximum Gasteiger partial charge on any atom is 0.0576 e. The third-order valence-corrected chi connectivity index (χ3v) is 4.63. The van der Waals surface area contributed by atoms with Crippen molar-refractivity contribution < 1.29 is 5.11 Å². The Morgan fingerprint density at radius 1 is 1.06 bits per heavy atom. The van der Waals surface area contributed by atoms with E-state index in [9.17, 15) is 5.11 Å². The predicted molar refractivity (Wildman–Crippen MR) is 73.4 cm³/mol. The molecule has 2 aliphatic rings. The Hall–Kier alpha value is -0.860. The van der Waals surface area contributed by atoms with Crippen molar-refractivity contribution in [3.8, 4) is 0 Å². The number of benzene rings is 1. The molecule has 98 valence electrons. The number of aliphatic hydroxyl groups is 1. The summed E-state index contributed by atoms with van der Waals surface area (Å²) in [6.07, 6.45) is 8.08. The van der Waals surface area contributed by atoms with Gasteiger partial charge in [-0.3, -0.25) is 0 Å². The van der Waals surface area contributed by atoms with Crippen LogP contribution in [0.15, 0.2) is 30.3 Å². The first-order valence-electron chi connectivity index (χ1n) is 7.28. The lowest BCUT2D eigenvalue weighted by molar-refractivity contribution is 0.0347. The summed E-state index contributed by atoms with van der Waals surface area (Å²) >= 11 is 0. The van der Waals surface area contributed by atoms with Gasteiger partial charge in [-0.05, 0) is 31.2 Å². The van der Waals surface area contributed by atoms with Gasteiger partial charge in [0.15, 0.2) is 0 Å². The molecule has 0 radical (unpaired) electrons. The maximum atomic E-state index is 10.2. The average Bonchev–Trinajstić information content (AvgIpc) is 2.40. The van der Waals surface area contributed by atoms with E-state index in [0.717, 1.165) is 12.8 Å². The summed E-state index contributed by atoms with van der Waals surface area (Å²) in [5, 5.41) is 14.1. The molecule has 2 heteroatoms. The summed E-state index contributed by atoms with van der Waals surface area (Å²) in [4.78, 5) is 0. The fourth-order valence-electron chi connectivity index (χ4n) is 3.78. The molecule has 1 aliphatic carbocycles. The predicted octanol–water partition coefficient (Wildman–Crippen LogP) is 3.17. The molecule has 0 amide bonds. The summed E-state index contributed by atoms with van der Waals surface area (Å²) in [6.45, 7) is 0. The maximum absolute atomic E-state index is 10.2. The monoisotopic (exact) mass is 245 g/mol. The van der Waals surface area contributed by atoms with Gasteiger partial charge < -0.3 is 10.4 Å². The van der Waals surface area contributed by atoms with E-state index < -0.39 is 0 Å². The van der Waals surface area contributed by atoms with Crippen LogP contribution < -0.4 is 5.32 Å². The first kappa shape index (κ1) is 12.2. The van der Waals surface area contributed by atoms with Crippen molar-refractivity contribution in [2.24, 2.45) is 0 Å². The Morgan fingerprint density at radius 3 is 2.50 bits per heavy atom.